The SMILES string of the molecule is CCC(C(=O)NC(C)C)N(Cc1cccc(C)c1)C(=O)CN(c1ccccc1Cl)S(=O)(=O)c1ccccc1. The lowest BCUT2D eigenvalue weighted by Crippen LogP contribution is -2.53. The molecular weight excluding hydrogens is 522 g/mol. The van der Waals surface area contributed by atoms with Crippen LogP contribution < -0.4 is 9.62 Å². The molecule has 0 aromatic heterocycles. The Morgan fingerprint density at radius 2 is 1.61 bits per heavy atom. The van der Waals surface area contributed by atoms with Gasteiger partial charge in [-0.1, -0.05) is 78.7 Å². The molecule has 7 nitrogen and oxygen atoms in total. The van der Waals surface area contributed by atoms with Crippen molar-refractivity contribution in [1.82, 2.24) is 10.2 Å². The Kier molecular flexibility index (Phi) is 9.94. The number of amides is 2. The van der Waals surface area contributed by atoms with Gasteiger partial charge in [0, 0.05) is 12.6 Å². The highest BCUT2D eigenvalue weighted by atomic mass is 35.5. The number of sulfonamides is 1. The molecule has 2 amide bonds. The van der Waals surface area contributed by atoms with E-state index in [1.165, 1.54) is 17.0 Å². The van der Waals surface area contributed by atoms with Crippen molar-refractivity contribution in [3.63, 3.8) is 0 Å². The highest BCUT2D eigenvalue weighted by molar-refractivity contribution is 7.92. The number of hydrogen-bond acceptors (Lipinski definition) is 4. The van der Waals surface area contributed by atoms with Gasteiger partial charge in [-0.05, 0) is 57.0 Å². The summed E-state index contributed by atoms with van der Waals surface area (Å²) in [6.45, 7) is 7.09. The minimum absolute atomic E-state index is 0.0301. The molecule has 3 aromatic carbocycles. The number of halogens is 1. The van der Waals surface area contributed by atoms with Crippen molar-refractivity contribution in [3.8, 4) is 0 Å². The maximum absolute atomic E-state index is 14.0. The fourth-order valence-electron chi connectivity index (χ4n) is 4.19. The summed E-state index contributed by atoms with van der Waals surface area (Å²) >= 11 is 6.43. The Hall–Kier alpha value is -3.36. The van der Waals surface area contributed by atoms with Crippen LogP contribution in [0.3, 0.4) is 0 Å². The first-order valence-corrected chi connectivity index (χ1v) is 14.3. The van der Waals surface area contributed by atoms with Crippen LogP contribution in [0.2, 0.25) is 5.02 Å². The van der Waals surface area contributed by atoms with Crippen LogP contribution in [0.15, 0.2) is 83.8 Å². The molecule has 3 aromatic rings. The lowest BCUT2D eigenvalue weighted by atomic mass is 10.1. The van der Waals surface area contributed by atoms with E-state index in [2.05, 4.69) is 5.32 Å². The monoisotopic (exact) mass is 555 g/mol. The summed E-state index contributed by atoms with van der Waals surface area (Å²) in [6, 6.07) is 21.1. The summed E-state index contributed by atoms with van der Waals surface area (Å²) in [7, 11) is -4.16. The van der Waals surface area contributed by atoms with Gasteiger partial charge < -0.3 is 10.2 Å². The average Bonchev–Trinajstić information content (AvgIpc) is 2.87. The fraction of sp³-hybridized carbons (Fsp3) is 0.310. The maximum Gasteiger partial charge on any atom is 0.264 e. The number of rotatable bonds is 11. The molecule has 0 spiro atoms. The van der Waals surface area contributed by atoms with Crippen molar-refractivity contribution >= 4 is 39.1 Å². The first-order chi connectivity index (χ1) is 18.0. The number of nitrogens with one attached hydrogen (secondary N) is 1. The van der Waals surface area contributed by atoms with Crippen LogP contribution in [0.4, 0.5) is 5.69 Å². The third kappa shape index (κ3) is 7.14. The fourth-order valence-corrected chi connectivity index (χ4v) is 5.94. The van der Waals surface area contributed by atoms with Crippen LogP contribution in [-0.4, -0.2) is 43.8 Å². The highest BCUT2D eigenvalue weighted by Gasteiger charge is 2.34. The molecule has 0 aliphatic heterocycles. The number of benzene rings is 3. The normalized spacial score (nSPS) is 12.2. The van der Waals surface area contributed by atoms with E-state index in [1.807, 2.05) is 52.0 Å². The van der Waals surface area contributed by atoms with E-state index in [9.17, 15) is 18.0 Å². The third-order valence-corrected chi connectivity index (χ3v) is 8.08. The maximum atomic E-state index is 14.0. The van der Waals surface area contributed by atoms with Gasteiger partial charge in [-0.25, -0.2) is 8.42 Å². The predicted molar refractivity (Wildman–Crippen MR) is 152 cm³/mol. The van der Waals surface area contributed by atoms with Crippen LogP contribution >= 0.6 is 11.6 Å². The Balaban J connectivity index is 2.07. The molecule has 1 unspecified atom stereocenters. The third-order valence-electron chi connectivity index (χ3n) is 5.98. The van der Waals surface area contributed by atoms with Crippen molar-refractivity contribution in [2.75, 3.05) is 10.8 Å². The van der Waals surface area contributed by atoms with Gasteiger partial charge in [-0.3, -0.25) is 13.9 Å². The van der Waals surface area contributed by atoms with E-state index in [-0.39, 0.29) is 34.1 Å². The molecule has 0 radical (unpaired) electrons. The molecule has 0 aliphatic carbocycles. The second-order valence-corrected chi connectivity index (χ2v) is 11.6. The summed E-state index contributed by atoms with van der Waals surface area (Å²) in [5.74, 6) is -0.810. The molecule has 38 heavy (non-hydrogen) atoms. The number of carbonyl (C=O) groups is 2. The molecular formula is C29H34ClN3O4S. The zero-order valence-corrected chi connectivity index (χ0v) is 23.7. The van der Waals surface area contributed by atoms with Gasteiger partial charge in [-0.15, -0.1) is 0 Å². The van der Waals surface area contributed by atoms with Crippen molar-refractivity contribution < 1.29 is 18.0 Å². The number of aryl methyl sites for hydroxylation is 1. The number of anilines is 1. The molecule has 9 heteroatoms. The minimum atomic E-state index is -4.16. The first kappa shape index (κ1) is 29.2. The summed E-state index contributed by atoms with van der Waals surface area (Å²) in [6.07, 6.45) is 0.355. The number of hydrogen-bond donors (Lipinski definition) is 1. The summed E-state index contributed by atoms with van der Waals surface area (Å²) in [4.78, 5) is 28.6. The lowest BCUT2D eigenvalue weighted by Gasteiger charge is -2.33. The van der Waals surface area contributed by atoms with Gasteiger partial charge in [-0.2, -0.15) is 0 Å². The molecule has 0 saturated carbocycles. The largest absolute Gasteiger partial charge is 0.352 e. The lowest BCUT2D eigenvalue weighted by molar-refractivity contribution is -0.140. The molecule has 3 rings (SSSR count). The number of carbonyl (C=O) groups excluding carboxylic acids is 2. The zero-order valence-electron chi connectivity index (χ0n) is 22.1. The standard InChI is InChI=1S/C29H34ClN3O4S/c1-5-26(29(35)31-21(2)3)32(19-23-13-11-12-22(4)18-23)28(34)20-33(27-17-10-9-16-25(27)30)38(36,37)24-14-7-6-8-15-24/h6-18,21,26H,5,19-20H2,1-4H3,(H,31,35). The summed E-state index contributed by atoms with van der Waals surface area (Å²) in [5, 5.41) is 3.08. The van der Waals surface area contributed by atoms with E-state index in [0.29, 0.717) is 6.42 Å². The van der Waals surface area contributed by atoms with Crippen molar-refractivity contribution in [2.45, 2.75) is 57.6 Å². The van der Waals surface area contributed by atoms with E-state index in [0.717, 1.165) is 15.4 Å². The Morgan fingerprint density at radius 3 is 2.21 bits per heavy atom. The van der Waals surface area contributed by atoms with E-state index >= 15 is 0 Å². The second-order valence-electron chi connectivity index (χ2n) is 9.37. The highest BCUT2D eigenvalue weighted by Crippen LogP contribution is 2.30. The van der Waals surface area contributed by atoms with Crippen LogP contribution in [0, 0.1) is 6.92 Å². The summed E-state index contributed by atoms with van der Waals surface area (Å²) < 4.78 is 28.6. The molecule has 202 valence electrons. The van der Waals surface area contributed by atoms with Crippen LogP contribution in [0.1, 0.15) is 38.3 Å². The van der Waals surface area contributed by atoms with Crippen LogP contribution in [0.25, 0.3) is 0 Å². The van der Waals surface area contributed by atoms with Crippen molar-refractivity contribution in [2.24, 2.45) is 0 Å². The Morgan fingerprint density at radius 1 is 0.947 bits per heavy atom. The van der Waals surface area contributed by atoms with E-state index in [1.54, 1.807) is 42.5 Å². The van der Waals surface area contributed by atoms with Crippen LogP contribution in [0.5, 0.6) is 0 Å². The number of nitrogens with zero attached hydrogens (tertiary/aromatic N) is 2. The van der Waals surface area contributed by atoms with Gasteiger partial charge in [0.15, 0.2) is 0 Å². The van der Waals surface area contributed by atoms with Crippen molar-refractivity contribution in [1.29, 1.82) is 0 Å². The molecule has 0 aliphatic rings. The van der Waals surface area contributed by atoms with Crippen molar-refractivity contribution in [3.05, 3.63) is 95.0 Å². The number of para-hydroxylation sites is 1. The summed E-state index contributed by atoms with van der Waals surface area (Å²) in [5.41, 5.74) is 2.03. The van der Waals surface area contributed by atoms with Gasteiger partial charge in [0.2, 0.25) is 11.8 Å². The first-order valence-electron chi connectivity index (χ1n) is 12.5. The van der Waals surface area contributed by atoms with Crippen LogP contribution in [-0.2, 0) is 26.2 Å². The van der Waals surface area contributed by atoms with Gasteiger partial charge in [0.05, 0.1) is 15.6 Å². The van der Waals surface area contributed by atoms with E-state index in [4.69, 9.17) is 11.6 Å². The molecule has 0 fully saturated rings. The van der Waals surface area contributed by atoms with Gasteiger partial charge in [0.25, 0.3) is 10.0 Å². The Labute approximate surface area is 230 Å². The zero-order chi connectivity index (χ0) is 27.9. The average molecular weight is 556 g/mol. The second kappa shape index (κ2) is 12.9. The van der Waals surface area contributed by atoms with Gasteiger partial charge >= 0.3 is 0 Å². The van der Waals surface area contributed by atoms with Gasteiger partial charge in [0.1, 0.15) is 12.6 Å². The minimum Gasteiger partial charge on any atom is -0.352 e. The smallest absolute Gasteiger partial charge is 0.264 e. The Bertz CT molecular complexity index is 1360. The molecule has 0 saturated heterocycles. The predicted octanol–water partition coefficient (Wildman–Crippen LogP) is 5.18. The molecule has 1 atom stereocenters. The quantitative estimate of drug-likeness (QED) is 0.353. The molecule has 0 bridgehead atoms. The topological polar surface area (TPSA) is 86.8 Å². The van der Waals surface area contributed by atoms with E-state index < -0.39 is 28.5 Å². The molecule has 1 N–H and O–H groups in total. The molecule has 0 heterocycles.